The molecule has 1 aromatic rings. The Morgan fingerprint density at radius 1 is 1.31 bits per heavy atom. The summed E-state index contributed by atoms with van der Waals surface area (Å²) in [5.41, 5.74) is 2.68. The third-order valence-corrected chi connectivity index (χ3v) is 4.76. The second-order valence-electron chi connectivity index (χ2n) is 8.31. The van der Waals surface area contributed by atoms with Gasteiger partial charge in [-0.3, -0.25) is 14.9 Å². The van der Waals surface area contributed by atoms with Gasteiger partial charge in [0.15, 0.2) is 10.8 Å². The van der Waals surface area contributed by atoms with Crippen LogP contribution >= 0.6 is 11.3 Å². The van der Waals surface area contributed by atoms with Gasteiger partial charge in [-0.25, -0.2) is 14.6 Å². The van der Waals surface area contributed by atoms with Gasteiger partial charge in [-0.05, 0) is 34.6 Å². The van der Waals surface area contributed by atoms with Crippen LogP contribution in [0.15, 0.2) is 10.5 Å². The molecule has 0 aromatic carbocycles. The summed E-state index contributed by atoms with van der Waals surface area (Å²) in [4.78, 5) is 57.0. The molecule has 32 heavy (non-hydrogen) atoms. The second-order valence-corrected chi connectivity index (χ2v) is 9.17. The van der Waals surface area contributed by atoms with E-state index in [1.54, 1.807) is 20.8 Å². The summed E-state index contributed by atoms with van der Waals surface area (Å²) in [5.74, 6) is -2.57. The van der Waals surface area contributed by atoms with E-state index >= 15 is 0 Å². The zero-order valence-corrected chi connectivity index (χ0v) is 19.0. The van der Waals surface area contributed by atoms with E-state index in [4.69, 9.17) is 15.3 Å². The van der Waals surface area contributed by atoms with Crippen molar-refractivity contribution in [2.45, 2.75) is 57.9 Å². The number of ether oxygens (including phenoxy) is 1. The van der Waals surface area contributed by atoms with Gasteiger partial charge in [-0.2, -0.15) is 0 Å². The average molecular weight is 471 g/mol. The molecule has 2 rings (SSSR count). The molecular weight excluding hydrogens is 444 g/mol. The molecule has 2 heterocycles. The maximum absolute atomic E-state index is 12.8. The molecule has 1 aliphatic heterocycles. The first-order chi connectivity index (χ1) is 14.7. The molecule has 1 saturated heterocycles. The molecule has 6 N–H and O–H groups in total. The first-order valence-corrected chi connectivity index (χ1v) is 10.4. The van der Waals surface area contributed by atoms with E-state index < -0.39 is 47.2 Å². The second kappa shape index (κ2) is 9.48. The van der Waals surface area contributed by atoms with Gasteiger partial charge in [0.05, 0.1) is 6.04 Å². The molecule has 0 spiro atoms. The number of oxime groups is 1. The predicted octanol–water partition coefficient (Wildman–Crippen LogP) is 0.0159. The maximum Gasteiger partial charge on any atom is 0.413 e. The number of amides is 3. The molecule has 1 aromatic heterocycles. The fraction of sp³-hybridized carbons (Fsp3) is 0.556. The van der Waals surface area contributed by atoms with Crippen molar-refractivity contribution in [3.8, 4) is 0 Å². The highest BCUT2D eigenvalue weighted by atomic mass is 32.1. The molecule has 14 heteroatoms. The number of carbonyl (C=O) groups excluding carboxylic acids is 3. The van der Waals surface area contributed by atoms with Crippen LogP contribution in [-0.4, -0.2) is 69.5 Å². The van der Waals surface area contributed by atoms with Crippen molar-refractivity contribution < 1.29 is 33.9 Å². The topological polar surface area (TPSA) is 194 Å². The van der Waals surface area contributed by atoms with Gasteiger partial charge in [-0.15, -0.1) is 11.3 Å². The van der Waals surface area contributed by atoms with Gasteiger partial charge < -0.3 is 31.0 Å². The van der Waals surface area contributed by atoms with Crippen LogP contribution in [-0.2, 0) is 24.0 Å². The van der Waals surface area contributed by atoms with E-state index in [2.05, 4.69) is 26.1 Å². The molecule has 0 saturated carbocycles. The number of nitrogens with zero attached hydrogens (tertiary/aromatic N) is 2. The first-order valence-electron chi connectivity index (χ1n) is 9.50. The van der Waals surface area contributed by atoms with E-state index in [0.29, 0.717) is 0 Å². The van der Waals surface area contributed by atoms with E-state index in [-0.39, 0.29) is 23.1 Å². The number of carboxylic acid groups (broad SMARTS) is 1. The molecule has 1 fully saturated rings. The van der Waals surface area contributed by atoms with Crippen molar-refractivity contribution >= 4 is 46.1 Å². The fourth-order valence-corrected chi connectivity index (χ4v) is 2.93. The van der Waals surface area contributed by atoms with Crippen molar-refractivity contribution in [3.05, 3.63) is 11.1 Å². The Hall–Kier alpha value is -3.26. The standard InChI is InChI=1S/C18H26N6O7S/c1-17(2,3)30-16(29)23-15-21-9(7-32-15)11(24-31-18(4,5)14(27)28)13(26)22-10-8(6-19)20-12(10)25/h7-8,10H,6,19H2,1-5H3,(H,20,25)(H,22,26)(H,27,28)(H,21,23,29)/b24-11-/t8-,10+/m1/s1. The quantitative estimate of drug-likeness (QED) is 0.198. The van der Waals surface area contributed by atoms with Crippen LogP contribution in [0.3, 0.4) is 0 Å². The lowest BCUT2D eigenvalue weighted by atomic mass is 9.99. The SMILES string of the molecule is CC(C)(C)OC(=O)Nc1nc(/C(=N/OC(C)(C)C(=O)O)C(=O)N[C@@H]2C(=O)N[C@@H]2CN)cs1. The Balaban J connectivity index is 2.26. The highest BCUT2D eigenvalue weighted by Crippen LogP contribution is 2.19. The number of nitrogens with one attached hydrogen (secondary N) is 3. The molecule has 0 radical (unpaired) electrons. The van der Waals surface area contributed by atoms with Crippen molar-refractivity contribution in [1.29, 1.82) is 0 Å². The minimum Gasteiger partial charge on any atom is -0.478 e. The molecule has 3 amide bonds. The number of aliphatic carboxylic acids is 1. The fourth-order valence-electron chi connectivity index (χ4n) is 2.25. The van der Waals surface area contributed by atoms with Gasteiger partial charge in [0.2, 0.25) is 11.5 Å². The Bertz CT molecular complexity index is 936. The molecule has 0 aliphatic carbocycles. The molecule has 13 nitrogen and oxygen atoms in total. The first kappa shape index (κ1) is 25.0. The monoisotopic (exact) mass is 470 g/mol. The number of rotatable bonds is 8. The summed E-state index contributed by atoms with van der Waals surface area (Å²) < 4.78 is 5.15. The highest BCUT2D eigenvalue weighted by Gasteiger charge is 2.40. The van der Waals surface area contributed by atoms with Crippen LogP contribution in [0.1, 0.15) is 40.3 Å². The minimum absolute atomic E-state index is 0.0104. The number of carboxylic acids is 1. The Morgan fingerprint density at radius 3 is 2.50 bits per heavy atom. The van der Waals surface area contributed by atoms with Crippen molar-refractivity contribution in [1.82, 2.24) is 15.6 Å². The molecule has 0 bridgehead atoms. The Morgan fingerprint density at radius 2 is 1.97 bits per heavy atom. The zero-order chi connectivity index (χ0) is 24.3. The average Bonchev–Trinajstić information content (AvgIpc) is 3.10. The Labute approximate surface area is 187 Å². The summed E-state index contributed by atoms with van der Waals surface area (Å²) in [6.07, 6.45) is -0.749. The van der Waals surface area contributed by atoms with E-state index in [9.17, 15) is 24.3 Å². The summed E-state index contributed by atoms with van der Waals surface area (Å²) in [6.45, 7) is 7.68. The third-order valence-electron chi connectivity index (χ3n) is 4.00. The van der Waals surface area contributed by atoms with Gasteiger partial charge in [0.25, 0.3) is 5.91 Å². The maximum atomic E-state index is 12.8. The minimum atomic E-state index is -1.74. The number of hydrogen-bond donors (Lipinski definition) is 5. The van der Waals surface area contributed by atoms with Gasteiger partial charge in [0.1, 0.15) is 17.3 Å². The lowest BCUT2D eigenvalue weighted by Gasteiger charge is -2.36. The highest BCUT2D eigenvalue weighted by molar-refractivity contribution is 7.14. The smallest absolute Gasteiger partial charge is 0.413 e. The number of nitrogens with two attached hydrogens (primary N) is 1. The normalized spacial score (nSPS) is 18.8. The van der Waals surface area contributed by atoms with Crippen LogP contribution in [0.2, 0.25) is 0 Å². The summed E-state index contributed by atoms with van der Waals surface area (Å²) in [7, 11) is 0. The van der Waals surface area contributed by atoms with E-state index in [0.717, 1.165) is 11.3 Å². The van der Waals surface area contributed by atoms with Crippen molar-refractivity contribution in [2.75, 3.05) is 11.9 Å². The van der Waals surface area contributed by atoms with E-state index in [1.807, 2.05) is 0 Å². The summed E-state index contributed by atoms with van der Waals surface area (Å²) in [5, 5.41) is 21.9. The van der Waals surface area contributed by atoms with Crippen LogP contribution in [0.4, 0.5) is 9.93 Å². The number of aromatic nitrogens is 1. The number of carbonyl (C=O) groups is 4. The van der Waals surface area contributed by atoms with Crippen molar-refractivity contribution in [3.63, 3.8) is 0 Å². The summed E-state index contributed by atoms with van der Waals surface area (Å²) in [6, 6.07) is -1.34. The number of hydrogen-bond acceptors (Lipinski definition) is 10. The zero-order valence-electron chi connectivity index (χ0n) is 18.2. The molecule has 1 aliphatic rings. The van der Waals surface area contributed by atoms with Crippen molar-refractivity contribution in [2.24, 2.45) is 10.9 Å². The van der Waals surface area contributed by atoms with E-state index in [1.165, 1.54) is 19.2 Å². The van der Waals surface area contributed by atoms with Crippen LogP contribution in [0, 0.1) is 0 Å². The molecule has 0 unspecified atom stereocenters. The van der Waals surface area contributed by atoms with Gasteiger partial charge >= 0.3 is 12.1 Å². The number of thiazole rings is 1. The van der Waals surface area contributed by atoms with Crippen LogP contribution < -0.4 is 21.7 Å². The summed E-state index contributed by atoms with van der Waals surface area (Å²) >= 11 is 0.978. The van der Waals surface area contributed by atoms with Crippen LogP contribution in [0.5, 0.6) is 0 Å². The number of β-lactam (4-membered cyclic amide) rings is 1. The lowest BCUT2D eigenvalue weighted by molar-refractivity contribution is -0.161. The lowest BCUT2D eigenvalue weighted by Crippen LogP contribution is -2.71. The molecule has 176 valence electrons. The predicted molar refractivity (Wildman–Crippen MR) is 114 cm³/mol. The van der Waals surface area contributed by atoms with Gasteiger partial charge in [-0.1, -0.05) is 5.16 Å². The largest absolute Gasteiger partial charge is 0.478 e. The van der Waals surface area contributed by atoms with Crippen LogP contribution in [0.25, 0.3) is 0 Å². The molecular formula is C18H26N6O7S. The molecule has 2 atom stereocenters. The third kappa shape index (κ3) is 6.37. The number of anilines is 1. The van der Waals surface area contributed by atoms with Gasteiger partial charge in [0, 0.05) is 11.9 Å². The Kier molecular flexibility index (Phi) is 7.41.